The number of aryl methyl sites for hydroxylation is 1. The zero-order valence-electron chi connectivity index (χ0n) is 10.4. The summed E-state index contributed by atoms with van der Waals surface area (Å²) in [5, 5.41) is 17.5. The monoisotopic (exact) mass is 249 g/mol. The maximum Gasteiger partial charge on any atom is 0.303 e. The Morgan fingerprint density at radius 2 is 2.11 bits per heavy atom. The number of nitriles is 1. The number of carboxylic acid groups (broad SMARTS) is 1. The molecule has 0 saturated carbocycles. The van der Waals surface area contributed by atoms with Crippen LogP contribution in [0.2, 0.25) is 0 Å². The van der Waals surface area contributed by atoms with Gasteiger partial charge < -0.3 is 14.6 Å². The maximum atomic E-state index is 10.5. The first-order chi connectivity index (χ1) is 8.62. The molecule has 0 radical (unpaired) electrons. The fraction of sp³-hybridized carbons (Fsp3) is 0.385. The van der Waals surface area contributed by atoms with Crippen molar-refractivity contribution in [3.63, 3.8) is 0 Å². The van der Waals surface area contributed by atoms with Gasteiger partial charge >= 0.3 is 5.97 Å². The minimum Gasteiger partial charge on any atom is -0.493 e. The van der Waals surface area contributed by atoms with Crippen LogP contribution < -0.4 is 9.47 Å². The van der Waals surface area contributed by atoms with Gasteiger partial charge in [0.25, 0.3) is 0 Å². The predicted molar refractivity (Wildman–Crippen MR) is 64.8 cm³/mol. The summed E-state index contributed by atoms with van der Waals surface area (Å²) in [6.07, 6.45) is 1.10. The van der Waals surface area contributed by atoms with Gasteiger partial charge in [0.05, 0.1) is 25.9 Å². The van der Waals surface area contributed by atoms with Crippen molar-refractivity contribution < 1.29 is 19.4 Å². The number of hydrogen-bond acceptors (Lipinski definition) is 4. The quantitative estimate of drug-likeness (QED) is 0.833. The fourth-order valence-electron chi connectivity index (χ4n) is 1.72. The highest BCUT2D eigenvalue weighted by Gasteiger charge is 2.12. The van der Waals surface area contributed by atoms with E-state index < -0.39 is 5.97 Å². The van der Waals surface area contributed by atoms with E-state index in [0.717, 1.165) is 5.56 Å². The van der Waals surface area contributed by atoms with Crippen LogP contribution in [0.4, 0.5) is 0 Å². The van der Waals surface area contributed by atoms with Crippen LogP contribution in [0.1, 0.15) is 24.0 Å². The van der Waals surface area contributed by atoms with Gasteiger partial charge in [-0.15, -0.1) is 0 Å². The maximum absolute atomic E-state index is 10.5. The predicted octanol–water partition coefficient (Wildman–Crippen LogP) is 1.98. The van der Waals surface area contributed by atoms with Crippen molar-refractivity contribution in [1.29, 1.82) is 5.26 Å². The molecular weight excluding hydrogens is 234 g/mol. The van der Waals surface area contributed by atoms with E-state index in [9.17, 15) is 4.79 Å². The Bertz CT molecular complexity index is 477. The van der Waals surface area contributed by atoms with E-state index in [1.165, 1.54) is 14.2 Å². The molecule has 1 aromatic carbocycles. The highest BCUT2D eigenvalue weighted by Crippen LogP contribution is 2.33. The van der Waals surface area contributed by atoms with E-state index in [1.807, 2.05) is 6.07 Å². The number of hydrogen-bond donors (Lipinski definition) is 1. The van der Waals surface area contributed by atoms with Gasteiger partial charge in [0.1, 0.15) is 0 Å². The molecule has 0 aliphatic rings. The van der Waals surface area contributed by atoms with Gasteiger partial charge in [-0.05, 0) is 24.5 Å². The summed E-state index contributed by atoms with van der Waals surface area (Å²) in [6, 6.07) is 5.34. The van der Waals surface area contributed by atoms with Crippen molar-refractivity contribution >= 4 is 5.97 Å². The number of ether oxygens (including phenoxy) is 2. The molecule has 1 rings (SSSR count). The van der Waals surface area contributed by atoms with Gasteiger partial charge in [-0.2, -0.15) is 5.26 Å². The smallest absolute Gasteiger partial charge is 0.303 e. The molecule has 5 nitrogen and oxygen atoms in total. The lowest BCUT2D eigenvalue weighted by Crippen LogP contribution is -2.00. The summed E-state index contributed by atoms with van der Waals surface area (Å²) >= 11 is 0. The molecular formula is C13H15NO4. The molecule has 0 spiro atoms. The molecule has 5 heteroatoms. The number of methoxy groups -OCH3 is 2. The van der Waals surface area contributed by atoms with Crippen LogP contribution in [-0.2, 0) is 11.2 Å². The van der Waals surface area contributed by atoms with Crippen LogP contribution >= 0.6 is 0 Å². The van der Waals surface area contributed by atoms with Crippen molar-refractivity contribution in [3.8, 4) is 17.6 Å². The summed E-state index contributed by atoms with van der Waals surface area (Å²) in [5.74, 6) is 0.209. The lowest BCUT2D eigenvalue weighted by molar-refractivity contribution is -0.137. The van der Waals surface area contributed by atoms with Gasteiger partial charge in [0.2, 0.25) is 0 Å². The SMILES string of the molecule is COc1cc(C#N)cc(CCCC(=O)O)c1OC. The van der Waals surface area contributed by atoms with Crippen LogP contribution in [0.15, 0.2) is 12.1 Å². The molecule has 0 heterocycles. The van der Waals surface area contributed by atoms with Gasteiger partial charge in [0.15, 0.2) is 11.5 Å². The van der Waals surface area contributed by atoms with Crippen molar-refractivity contribution in [2.24, 2.45) is 0 Å². The third-order valence-corrected chi connectivity index (χ3v) is 2.52. The Hall–Kier alpha value is -2.22. The Balaban J connectivity index is 3.00. The Morgan fingerprint density at radius 1 is 1.39 bits per heavy atom. The van der Waals surface area contributed by atoms with E-state index in [4.69, 9.17) is 19.8 Å². The molecule has 0 aliphatic heterocycles. The van der Waals surface area contributed by atoms with Crippen LogP contribution in [0.25, 0.3) is 0 Å². The normalized spacial score (nSPS) is 9.61. The second kappa shape index (κ2) is 6.50. The average molecular weight is 249 g/mol. The van der Waals surface area contributed by atoms with Gasteiger partial charge in [-0.1, -0.05) is 0 Å². The Labute approximate surface area is 106 Å². The second-order valence-electron chi connectivity index (χ2n) is 3.73. The van der Waals surface area contributed by atoms with E-state index in [1.54, 1.807) is 12.1 Å². The molecule has 18 heavy (non-hydrogen) atoms. The first-order valence-electron chi connectivity index (χ1n) is 5.49. The summed E-state index contributed by atoms with van der Waals surface area (Å²) in [4.78, 5) is 10.5. The molecule has 0 saturated heterocycles. The van der Waals surface area contributed by atoms with Crippen LogP contribution in [0.3, 0.4) is 0 Å². The minimum atomic E-state index is -0.836. The zero-order valence-corrected chi connectivity index (χ0v) is 10.4. The van der Waals surface area contributed by atoms with Crippen LogP contribution in [0.5, 0.6) is 11.5 Å². The number of carboxylic acids is 1. The number of rotatable bonds is 6. The van der Waals surface area contributed by atoms with Crippen molar-refractivity contribution in [3.05, 3.63) is 23.3 Å². The molecule has 1 N–H and O–H groups in total. The van der Waals surface area contributed by atoms with E-state index in [-0.39, 0.29) is 6.42 Å². The molecule has 96 valence electrons. The first-order valence-corrected chi connectivity index (χ1v) is 5.49. The van der Waals surface area contributed by atoms with Gasteiger partial charge in [0, 0.05) is 12.5 Å². The lowest BCUT2D eigenvalue weighted by atomic mass is 10.0. The molecule has 0 fully saturated rings. The fourth-order valence-corrected chi connectivity index (χ4v) is 1.72. The highest BCUT2D eigenvalue weighted by atomic mass is 16.5. The Morgan fingerprint density at radius 3 is 2.61 bits per heavy atom. The third kappa shape index (κ3) is 3.39. The van der Waals surface area contributed by atoms with E-state index >= 15 is 0 Å². The summed E-state index contributed by atoms with van der Waals surface area (Å²) in [5.41, 5.74) is 1.26. The van der Waals surface area contributed by atoms with Crippen molar-refractivity contribution in [1.82, 2.24) is 0 Å². The summed E-state index contributed by atoms with van der Waals surface area (Å²) < 4.78 is 10.4. The minimum absolute atomic E-state index is 0.0856. The highest BCUT2D eigenvalue weighted by molar-refractivity contribution is 5.66. The topological polar surface area (TPSA) is 79.5 Å². The van der Waals surface area contributed by atoms with E-state index in [2.05, 4.69) is 0 Å². The second-order valence-corrected chi connectivity index (χ2v) is 3.73. The molecule has 0 atom stereocenters. The molecule has 0 aromatic heterocycles. The summed E-state index contributed by atoms with van der Waals surface area (Å²) in [7, 11) is 3.02. The third-order valence-electron chi connectivity index (χ3n) is 2.52. The van der Waals surface area contributed by atoms with Crippen LogP contribution in [0, 0.1) is 11.3 Å². The number of benzene rings is 1. The molecule has 0 amide bonds. The van der Waals surface area contributed by atoms with Crippen molar-refractivity contribution in [2.75, 3.05) is 14.2 Å². The van der Waals surface area contributed by atoms with Crippen LogP contribution in [-0.4, -0.2) is 25.3 Å². The number of aliphatic carboxylic acids is 1. The van der Waals surface area contributed by atoms with Gasteiger partial charge in [-0.3, -0.25) is 4.79 Å². The summed E-state index contributed by atoms with van der Waals surface area (Å²) in [6.45, 7) is 0. The Kier molecular flexibility index (Phi) is 5.00. The lowest BCUT2D eigenvalue weighted by Gasteiger charge is -2.13. The van der Waals surface area contributed by atoms with Crippen molar-refractivity contribution in [2.45, 2.75) is 19.3 Å². The molecule has 0 bridgehead atoms. The number of carbonyl (C=O) groups is 1. The average Bonchev–Trinajstić information content (AvgIpc) is 2.37. The molecule has 0 aliphatic carbocycles. The zero-order chi connectivity index (χ0) is 13.5. The van der Waals surface area contributed by atoms with Gasteiger partial charge in [-0.25, -0.2) is 0 Å². The first kappa shape index (κ1) is 13.8. The van der Waals surface area contributed by atoms with E-state index in [0.29, 0.717) is 29.9 Å². The largest absolute Gasteiger partial charge is 0.493 e. The molecule has 1 aromatic rings. The standard InChI is InChI=1S/C13H15NO4/c1-17-11-7-9(8-14)6-10(13(11)18-2)4-3-5-12(15)16/h6-7H,3-5H2,1-2H3,(H,15,16). The number of nitrogens with zero attached hydrogens (tertiary/aromatic N) is 1. The molecule has 0 unspecified atom stereocenters.